The van der Waals surface area contributed by atoms with E-state index < -0.39 is 41.5 Å². The van der Waals surface area contributed by atoms with Crippen LogP contribution < -0.4 is 5.32 Å². The number of nitrogens with zero attached hydrogens (tertiary/aromatic N) is 2. The van der Waals surface area contributed by atoms with E-state index >= 15 is 0 Å². The lowest BCUT2D eigenvalue weighted by atomic mass is 9.95. The molecule has 156 valence electrons. The fourth-order valence-electron chi connectivity index (χ4n) is 3.40. The van der Waals surface area contributed by atoms with Crippen molar-refractivity contribution in [1.29, 1.82) is 0 Å². The number of imidazole rings is 1. The van der Waals surface area contributed by atoms with Crippen LogP contribution in [-0.2, 0) is 16.0 Å². The first-order valence-corrected chi connectivity index (χ1v) is 9.06. The molecule has 0 radical (unpaired) electrons. The van der Waals surface area contributed by atoms with Crippen LogP contribution in [-0.4, -0.2) is 46.6 Å². The van der Waals surface area contributed by atoms with Gasteiger partial charge in [-0.3, -0.25) is 0 Å². The van der Waals surface area contributed by atoms with Crippen molar-refractivity contribution in [2.24, 2.45) is 5.92 Å². The number of carbonyl (C=O) groups is 2. The molecule has 0 aliphatic carbocycles. The lowest BCUT2D eigenvalue weighted by molar-refractivity contribution is -0.144. The molecule has 0 fully saturated rings. The first-order chi connectivity index (χ1) is 13.8. The molecule has 0 saturated heterocycles. The number of amides is 2. The number of esters is 1. The molecule has 2 heterocycles. The smallest absolute Gasteiger partial charge is 0.328 e. The Morgan fingerprint density at radius 1 is 1.28 bits per heavy atom. The van der Waals surface area contributed by atoms with E-state index in [1.165, 1.54) is 18.3 Å². The lowest BCUT2D eigenvalue weighted by Crippen LogP contribution is -2.53. The third-order valence-electron chi connectivity index (χ3n) is 4.95. The van der Waals surface area contributed by atoms with Crippen LogP contribution in [0.25, 0.3) is 0 Å². The average molecular weight is 410 g/mol. The zero-order valence-corrected chi connectivity index (χ0v) is 16.1. The summed E-state index contributed by atoms with van der Waals surface area (Å²) in [6.07, 6.45) is 1.79. The summed E-state index contributed by atoms with van der Waals surface area (Å²) in [7, 11) is 1.21. The highest BCUT2D eigenvalue weighted by atomic mass is 19.2. The number of methoxy groups -OCH3 is 1. The van der Waals surface area contributed by atoms with Crippen LogP contribution in [0.4, 0.5) is 18.0 Å². The van der Waals surface area contributed by atoms with E-state index in [-0.39, 0.29) is 18.0 Å². The van der Waals surface area contributed by atoms with Crippen molar-refractivity contribution >= 4 is 12.0 Å². The van der Waals surface area contributed by atoms with E-state index in [0.29, 0.717) is 17.8 Å². The van der Waals surface area contributed by atoms with Crippen molar-refractivity contribution in [3.63, 3.8) is 0 Å². The number of H-pyrrole nitrogens is 1. The largest absolute Gasteiger partial charge is 0.467 e. The van der Waals surface area contributed by atoms with Crippen molar-refractivity contribution in [2.45, 2.75) is 32.4 Å². The van der Waals surface area contributed by atoms with Gasteiger partial charge in [0.2, 0.25) is 0 Å². The Labute approximate surface area is 165 Å². The molecule has 10 heteroatoms. The van der Waals surface area contributed by atoms with Gasteiger partial charge in [-0.15, -0.1) is 0 Å². The van der Waals surface area contributed by atoms with Crippen LogP contribution in [0.3, 0.4) is 0 Å². The van der Waals surface area contributed by atoms with Crippen LogP contribution in [0, 0.1) is 23.4 Å². The Morgan fingerprint density at radius 3 is 2.66 bits per heavy atom. The van der Waals surface area contributed by atoms with Gasteiger partial charge in [0.15, 0.2) is 17.5 Å². The number of halogens is 3. The summed E-state index contributed by atoms with van der Waals surface area (Å²) in [6, 6.07) is -0.801. The maximum atomic E-state index is 14.6. The molecule has 1 aromatic carbocycles. The molecule has 0 spiro atoms. The van der Waals surface area contributed by atoms with Crippen LogP contribution in [0.1, 0.15) is 36.8 Å². The van der Waals surface area contributed by atoms with Crippen LogP contribution in [0.2, 0.25) is 0 Å². The number of rotatable bonds is 4. The molecule has 1 aliphatic heterocycles. The van der Waals surface area contributed by atoms with Crippen LogP contribution >= 0.6 is 0 Å². The molecular formula is C19H21F3N4O3. The van der Waals surface area contributed by atoms with Crippen molar-refractivity contribution < 1.29 is 27.5 Å². The first-order valence-electron chi connectivity index (χ1n) is 9.06. The molecule has 29 heavy (non-hydrogen) atoms. The molecule has 3 rings (SSSR count). The van der Waals surface area contributed by atoms with E-state index in [4.69, 9.17) is 4.74 Å². The minimum absolute atomic E-state index is 0.149. The highest BCUT2D eigenvalue weighted by molar-refractivity contribution is 5.84. The van der Waals surface area contributed by atoms with Gasteiger partial charge in [-0.05, 0) is 12.0 Å². The molecule has 1 aromatic heterocycles. The maximum absolute atomic E-state index is 14.6. The third-order valence-corrected chi connectivity index (χ3v) is 4.95. The van der Waals surface area contributed by atoms with Gasteiger partial charge in [0, 0.05) is 24.2 Å². The molecular weight excluding hydrogens is 389 g/mol. The standard InChI is InChI=1S/C19H21F3N4O3/c1-9(2)15(18(27)29-3)25-19(28)26-7-6-12-16(24-8-23-12)17(26)10-4-5-11(20)14(22)13(10)21/h4-5,8-9,15,17H,6-7H2,1-3H3,(H,23,24)(H,25,28). The van der Waals surface area contributed by atoms with Gasteiger partial charge in [-0.25, -0.2) is 27.7 Å². The number of ether oxygens (including phenoxy) is 1. The summed E-state index contributed by atoms with van der Waals surface area (Å²) >= 11 is 0. The van der Waals surface area contributed by atoms with Gasteiger partial charge >= 0.3 is 12.0 Å². The minimum atomic E-state index is -1.62. The summed E-state index contributed by atoms with van der Waals surface area (Å²) in [4.78, 5) is 33.3. The van der Waals surface area contributed by atoms with E-state index in [9.17, 15) is 22.8 Å². The SMILES string of the molecule is COC(=O)C(NC(=O)N1CCc2[nH]cnc2C1c1ccc(F)c(F)c1F)C(C)C. The highest BCUT2D eigenvalue weighted by Crippen LogP contribution is 2.35. The predicted octanol–water partition coefficient (Wildman–Crippen LogP) is 2.68. The minimum Gasteiger partial charge on any atom is -0.467 e. The summed E-state index contributed by atoms with van der Waals surface area (Å²) < 4.78 is 46.6. The fourth-order valence-corrected chi connectivity index (χ4v) is 3.40. The zero-order valence-electron chi connectivity index (χ0n) is 16.1. The number of aromatic nitrogens is 2. The monoisotopic (exact) mass is 410 g/mol. The number of nitrogens with one attached hydrogen (secondary N) is 2. The maximum Gasteiger partial charge on any atom is 0.328 e. The molecule has 2 atom stereocenters. The highest BCUT2D eigenvalue weighted by Gasteiger charge is 2.38. The Bertz CT molecular complexity index is 931. The molecule has 2 amide bonds. The van der Waals surface area contributed by atoms with E-state index in [0.717, 1.165) is 12.1 Å². The number of fused-ring (bicyclic) bond motifs is 1. The normalized spacial score (nSPS) is 17.1. The second-order valence-corrected chi connectivity index (χ2v) is 7.07. The van der Waals surface area contributed by atoms with Crippen LogP contribution in [0.15, 0.2) is 18.5 Å². The number of carbonyl (C=O) groups excluding carboxylic acids is 2. The van der Waals surface area contributed by atoms with Crippen molar-refractivity contribution in [3.8, 4) is 0 Å². The van der Waals surface area contributed by atoms with Gasteiger partial charge in [0.25, 0.3) is 0 Å². The molecule has 0 saturated carbocycles. The van der Waals surface area contributed by atoms with E-state index in [1.54, 1.807) is 13.8 Å². The number of hydrogen-bond acceptors (Lipinski definition) is 4. The number of benzene rings is 1. The quantitative estimate of drug-likeness (QED) is 0.599. The van der Waals surface area contributed by atoms with Crippen LogP contribution in [0.5, 0.6) is 0 Å². The zero-order chi connectivity index (χ0) is 21.3. The number of urea groups is 1. The van der Waals surface area contributed by atoms with E-state index in [1.807, 2.05) is 0 Å². The molecule has 1 aliphatic rings. The summed E-state index contributed by atoms with van der Waals surface area (Å²) in [6.45, 7) is 3.61. The predicted molar refractivity (Wildman–Crippen MR) is 96.3 cm³/mol. The fraction of sp³-hybridized carbons (Fsp3) is 0.421. The summed E-state index contributed by atoms with van der Waals surface area (Å²) in [5.74, 6) is -5.24. The lowest BCUT2D eigenvalue weighted by Gasteiger charge is -2.36. The van der Waals surface area contributed by atoms with Gasteiger partial charge in [0.05, 0.1) is 19.1 Å². The van der Waals surface area contributed by atoms with Gasteiger partial charge < -0.3 is 19.9 Å². The first kappa shape index (κ1) is 20.7. The Kier molecular flexibility index (Phi) is 5.81. The third kappa shape index (κ3) is 3.79. The van der Waals surface area contributed by atoms with Crippen molar-refractivity contribution in [2.75, 3.05) is 13.7 Å². The number of hydrogen-bond donors (Lipinski definition) is 2. The molecule has 2 aromatic rings. The number of aromatic amines is 1. The second kappa shape index (κ2) is 8.14. The molecule has 0 bridgehead atoms. The van der Waals surface area contributed by atoms with Crippen molar-refractivity contribution in [1.82, 2.24) is 20.2 Å². The Hall–Kier alpha value is -3.04. The van der Waals surface area contributed by atoms with Gasteiger partial charge in [-0.1, -0.05) is 19.9 Å². The Morgan fingerprint density at radius 2 is 2.00 bits per heavy atom. The van der Waals surface area contributed by atoms with Gasteiger partial charge in [-0.2, -0.15) is 0 Å². The molecule has 2 N–H and O–H groups in total. The second-order valence-electron chi connectivity index (χ2n) is 7.07. The van der Waals surface area contributed by atoms with E-state index in [2.05, 4.69) is 15.3 Å². The van der Waals surface area contributed by atoms with Gasteiger partial charge in [0.1, 0.15) is 12.1 Å². The Balaban J connectivity index is 2.00. The topological polar surface area (TPSA) is 87.3 Å². The molecule has 2 unspecified atom stereocenters. The summed E-state index contributed by atoms with van der Waals surface area (Å²) in [5, 5.41) is 2.59. The average Bonchev–Trinajstić information content (AvgIpc) is 3.18. The summed E-state index contributed by atoms with van der Waals surface area (Å²) in [5.41, 5.74) is 0.762. The van der Waals surface area contributed by atoms with Crippen molar-refractivity contribution in [3.05, 3.63) is 52.9 Å². The molecule has 7 nitrogen and oxygen atoms in total.